The molecular formula is C25H39N3O8. The molecule has 11 heteroatoms. The van der Waals surface area contributed by atoms with Crippen LogP contribution in [0.3, 0.4) is 0 Å². The number of methoxy groups -OCH3 is 1. The van der Waals surface area contributed by atoms with Gasteiger partial charge in [0.2, 0.25) is 0 Å². The van der Waals surface area contributed by atoms with Crippen molar-refractivity contribution in [1.82, 2.24) is 15.5 Å². The minimum atomic E-state index is -0.710. The van der Waals surface area contributed by atoms with Gasteiger partial charge in [0, 0.05) is 38.6 Å². The van der Waals surface area contributed by atoms with Crippen LogP contribution >= 0.6 is 0 Å². The van der Waals surface area contributed by atoms with Gasteiger partial charge in [0.1, 0.15) is 18.5 Å². The molecule has 202 valence electrons. The molecule has 1 aromatic carbocycles. The number of ether oxygens (including phenoxy) is 5. The minimum absolute atomic E-state index is 0.100. The second kappa shape index (κ2) is 13.8. The number of aliphatic hydroxyl groups is 1. The predicted molar refractivity (Wildman–Crippen MR) is 131 cm³/mol. The highest BCUT2D eigenvalue weighted by atomic mass is 16.7. The molecule has 0 aromatic heterocycles. The molecule has 3 N–H and O–H groups in total. The lowest BCUT2D eigenvalue weighted by molar-refractivity contribution is -0.148. The normalized spacial score (nSPS) is 21.0. The molecule has 2 amide bonds. The van der Waals surface area contributed by atoms with Gasteiger partial charge in [0.25, 0.3) is 0 Å². The van der Waals surface area contributed by atoms with Crippen LogP contribution in [0, 0.1) is 0 Å². The molecule has 0 saturated carbocycles. The number of hydrogen-bond acceptors (Lipinski definition) is 9. The average Bonchev–Trinajstić information content (AvgIpc) is 3.25. The van der Waals surface area contributed by atoms with Crippen LogP contribution in [0.25, 0.3) is 0 Å². The summed E-state index contributed by atoms with van der Waals surface area (Å²) in [5, 5.41) is 16.2. The van der Waals surface area contributed by atoms with E-state index in [0.717, 1.165) is 5.56 Å². The number of carbonyl (C=O) groups excluding carboxylic acids is 2. The van der Waals surface area contributed by atoms with Crippen molar-refractivity contribution in [3.8, 4) is 5.75 Å². The van der Waals surface area contributed by atoms with E-state index in [4.69, 9.17) is 23.7 Å². The lowest BCUT2D eigenvalue weighted by Gasteiger charge is -2.27. The number of benzene rings is 1. The van der Waals surface area contributed by atoms with Crippen molar-refractivity contribution in [3.63, 3.8) is 0 Å². The van der Waals surface area contributed by atoms with Gasteiger partial charge in [-0.2, -0.15) is 0 Å². The largest absolute Gasteiger partial charge is 0.491 e. The number of morpholine rings is 1. The molecule has 3 atom stereocenters. The number of nitrogens with zero attached hydrogens (tertiary/aromatic N) is 1. The van der Waals surface area contributed by atoms with Crippen molar-refractivity contribution in [2.45, 2.75) is 44.2 Å². The first kappa shape index (κ1) is 28.1. The smallest absolute Gasteiger partial charge is 0.317 e. The number of aliphatic hydroxyl groups excluding tert-OH is 1. The van der Waals surface area contributed by atoms with Crippen LogP contribution in [0.2, 0.25) is 0 Å². The highest BCUT2D eigenvalue weighted by Gasteiger charge is 2.39. The van der Waals surface area contributed by atoms with Gasteiger partial charge in [0.15, 0.2) is 5.79 Å². The van der Waals surface area contributed by atoms with E-state index in [1.807, 2.05) is 38.1 Å². The van der Waals surface area contributed by atoms with Crippen LogP contribution in [0.15, 0.2) is 24.3 Å². The zero-order valence-electron chi connectivity index (χ0n) is 21.4. The number of amides is 2. The highest BCUT2D eigenvalue weighted by molar-refractivity contribution is 5.74. The molecule has 0 spiro atoms. The fraction of sp³-hybridized carbons (Fsp3) is 0.680. The second-order valence-electron chi connectivity index (χ2n) is 9.32. The van der Waals surface area contributed by atoms with Gasteiger partial charge in [-0.25, -0.2) is 4.79 Å². The lowest BCUT2D eigenvalue weighted by atomic mass is 9.90. The van der Waals surface area contributed by atoms with Gasteiger partial charge >= 0.3 is 12.0 Å². The van der Waals surface area contributed by atoms with Gasteiger partial charge in [0.05, 0.1) is 39.5 Å². The number of carbonyl (C=O) groups is 2. The van der Waals surface area contributed by atoms with Crippen molar-refractivity contribution in [3.05, 3.63) is 29.8 Å². The molecule has 0 bridgehead atoms. The Morgan fingerprint density at radius 3 is 2.56 bits per heavy atom. The molecule has 0 radical (unpaired) electrons. The molecule has 2 heterocycles. The van der Waals surface area contributed by atoms with Gasteiger partial charge in [-0.15, -0.1) is 0 Å². The minimum Gasteiger partial charge on any atom is -0.491 e. The first-order chi connectivity index (χ1) is 17.3. The number of esters is 1. The Hall–Kier alpha value is -2.44. The molecular weight excluding hydrogens is 470 g/mol. The molecule has 2 aliphatic rings. The first-order valence-electron chi connectivity index (χ1n) is 12.4. The van der Waals surface area contributed by atoms with E-state index in [-0.39, 0.29) is 37.0 Å². The molecule has 11 nitrogen and oxygen atoms in total. The zero-order valence-corrected chi connectivity index (χ0v) is 21.4. The molecule has 0 aliphatic carbocycles. The van der Waals surface area contributed by atoms with Crippen LogP contribution < -0.4 is 15.4 Å². The summed E-state index contributed by atoms with van der Waals surface area (Å²) >= 11 is 0. The predicted octanol–water partition coefficient (Wildman–Crippen LogP) is 0.856. The maximum absolute atomic E-state index is 12.0. The second-order valence-corrected chi connectivity index (χ2v) is 9.32. The van der Waals surface area contributed by atoms with Gasteiger partial charge in [-0.1, -0.05) is 12.1 Å². The summed E-state index contributed by atoms with van der Waals surface area (Å²) < 4.78 is 27.5. The SMILES string of the molecule is COC(=O)CC(c1ccc(OC[C@@H](O)CNCCNC(=O)N2CCOCC2)cc1)[C@H]1COC(C)(C)O1. The van der Waals surface area contributed by atoms with E-state index in [0.29, 0.717) is 58.3 Å². The van der Waals surface area contributed by atoms with Crippen LogP contribution in [-0.4, -0.2) is 106 Å². The molecule has 1 aromatic rings. The van der Waals surface area contributed by atoms with Crippen molar-refractivity contribution in [1.29, 1.82) is 0 Å². The van der Waals surface area contributed by atoms with Gasteiger partial charge in [-0.3, -0.25) is 4.79 Å². The number of nitrogens with one attached hydrogen (secondary N) is 2. The maximum atomic E-state index is 12.0. The van der Waals surface area contributed by atoms with Crippen molar-refractivity contribution in [2.24, 2.45) is 0 Å². The summed E-state index contributed by atoms with van der Waals surface area (Å²) in [4.78, 5) is 25.7. The Bertz CT molecular complexity index is 829. The van der Waals surface area contributed by atoms with E-state index < -0.39 is 11.9 Å². The first-order valence-corrected chi connectivity index (χ1v) is 12.4. The van der Waals surface area contributed by atoms with Crippen LogP contribution in [-0.2, 0) is 23.7 Å². The third-order valence-corrected chi connectivity index (χ3v) is 6.10. The molecule has 2 saturated heterocycles. The van der Waals surface area contributed by atoms with Gasteiger partial charge < -0.3 is 44.3 Å². The Morgan fingerprint density at radius 2 is 1.92 bits per heavy atom. The Kier molecular flexibility index (Phi) is 10.7. The Balaban J connectivity index is 1.38. The van der Waals surface area contributed by atoms with Gasteiger partial charge in [-0.05, 0) is 31.5 Å². The summed E-state index contributed by atoms with van der Waals surface area (Å²) in [6.07, 6.45) is -0.798. The summed E-state index contributed by atoms with van der Waals surface area (Å²) in [6, 6.07) is 7.29. The standard InChI is InChI=1S/C25H39N3O8/c1-25(2)35-17-22(36-25)21(14-23(30)32-3)18-4-6-20(7-5-18)34-16-19(29)15-26-8-9-27-24(31)28-10-12-33-13-11-28/h4-7,19,21-22,26,29H,8-17H2,1-3H3,(H,27,31)/t19-,21?,22+/m0/s1. The summed E-state index contributed by atoms with van der Waals surface area (Å²) in [6.45, 7) is 7.87. The average molecular weight is 510 g/mol. The summed E-state index contributed by atoms with van der Waals surface area (Å²) in [5.41, 5.74) is 0.917. The molecule has 2 aliphatic heterocycles. The van der Waals surface area contributed by atoms with E-state index >= 15 is 0 Å². The van der Waals surface area contributed by atoms with E-state index in [2.05, 4.69) is 10.6 Å². The quantitative estimate of drug-likeness (QED) is 0.278. The monoisotopic (exact) mass is 509 g/mol. The third kappa shape index (κ3) is 8.90. The maximum Gasteiger partial charge on any atom is 0.317 e. The molecule has 3 rings (SSSR count). The summed E-state index contributed by atoms with van der Waals surface area (Å²) in [5.74, 6) is -0.617. The highest BCUT2D eigenvalue weighted by Crippen LogP contribution is 2.35. The molecule has 36 heavy (non-hydrogen) atoms. The molecule has 2 fully saturated rings. The van der Waals surface area contributed by atoms with Crippen LogP contribution in [0.4, 0.5) is 4.79 Å². The fourth-order valence-corrected chi connectivity index (χ4v) is 4.11. The zero-order chi connectivity index (χ0) is 26.0. The van der Waals surface area contributed by atoms with Crippen molar-refractivity contribution in [2.75, 3.05) is 66.3 Å². The van der Waals surface area contributed by atoms with E-state index in [1.54, 1.807) is 4.90 Å². The topological polar surface area (TPSA) is 128 Å². The fourth-order valence-electron chi connectivity index (χ4n) is 4.11. The van der Waals surface area contributed by atoms with Crippen LogP contribution in [0.5, 0.6) is 5.75 Å². The Labute approximate surface area is 212 Å². The van der Waals surface area contributed by atoms with Crippen LogP contribution in [0.1, 0.15) is 31.7 Å². The van der Waals surface area contributed by atoms with E-state index in [1.165, 1.54) is 7.11 Å². The third-order valence-electron chi connectivity index (χ3n) is 6.10. The number of urea groups is 1. The Morgan fingerprint density at radius 1 is 1.19 bits per heavy atom. The van der Waals surface area contributed by atoms with Crippen molar-refractivity contribution >= 4 is 12.0 Å². The van der Waals surface area contributed by atoms with Crippen molar-refractivity contribution < 1.29 is 38.4 Å². The van der Waals surface area contributed by atoms with E-state index in [9.17, 15) is 14.7 Å². The summed E-state index contributed by atoms with van der Waals surface area (Å²) in [7, 11) is 1.37. The number of rotatable bonds is 12. The molecule has 1 unspecified atom stereocenters. The lowest BCUT2D eigenvalue weighted by Crippen LogP contribution is -2.47. The number of hydrogen-bond donors (Lipinski definition) is 3.